The standard InChI is InChI=1S/C25H31FN6OS/c1-3-34-18-7-8-20(26)19(12-18)25(33)31-10-5-4-6-22(31)21-13-23-28-24(16(2)14-32(23)29-21)30-11-9-17(27)15-30/h7-8,12-14,17,22H,3-6,9-11,15,27H2,1-2H3. The molecule has 1 amide bonds. The average Bonchev–Trinajstić information content (AvgIpc) is 3.45. The van der Waals surface area contributed by atoms with Crippen molar-refractivity contribution < 1.29 is 9.18 Å². The third-order valence-electron chi connectivity index (χ3n) is 6.73. The van der Waals surface area contributed by atoms with Crippen LogP contribution in [0.2, 0.25) is 0 Å². The monoisotopic (exact) mass is 482 g/mol. The van der Waals surface area contributed by atoms with Crippen LogP contribution in [-0.4, -0.2) is 56.8 Å². The highest BCUT2D eigenvalue weighted by Crippen LogP contribution is 2.33. The van der Waals surface area contributed by atoms with Crippen molar-refractivity contribution in [3.63, 3.8) is 0 Å². The number of amides is 1. The molecule has 4 heterocycles. The first-order chi connectivity index (χ1) is 16.4. The minimum Gasteiger partial charge on any atom is -0.355 e. The minimum absolute atomic E-state index is 0.135. The number of halogens is 1. The Labute approximate surface area is 203 Å². The number of piperidine rings is 1. The van der Waals surface area contributed by atoms with Gasteiger partial charge in [-0.3, -0.25) is 4.79 Å². The highest BCUT2D eigenvalue weighted by molar-refractivity contribution is 7.99. The lowest BCUT2D eigenvalue weighted by atomic mass is 9.98. The summed E-state index contributed by atoms with van der Waals surface area (Å²) in [7, 11) is 0. The molecule has 2 atom stereocenters. The van der Waals surface area contributed by atoms with Crippen LogP contribution in [0.5, 0.6) is 0 Å². The van der Waals surface area contributed by atoms with Gasteiger partial charge in [-0.05, 0) is 56.6 Å². The fraction of sp³-hybridized carbons (Fsp3) is 0.480. The van der Waals surface area contributed by atoms with Crippen LogP contribution in [0.25, 0.3) is 5.65 Å². The topological polar surface area (TPSA) is 79.8 Å². The van der Waals surface area contributed by atoms with Gasteiger partial charge in [0.05, 0.1) is 17.3 Å². The number of hydrogen-bond donors (Lipinski definition) is 1. The van der Waals surface area contributed by atoms with Crippen LogP contribution in [0.4, 0.5) is 10.2 Å². The molecule has 3 aromatic rings. The van der Waals surface area contributed by atoms with E-state index in [9.17, 15) is 9.18 Å². The predicted octanol–water partition coefficient (Wildman–Crippen LogP) is 4.19. The Bertz CT molecular complexity index is 1210. The summed E-state index contributed by atoms with van der Waals surface area (Å²) in [6, 6.07) is 6.75. The van der Waals surface area contributed by atoms with Crippen molar-refractivity contribution in [2.75, 3.05) is 30.3 Å². The maximum Gasteiger partial charge on any atom is 0.257 e. The normalized spacial score (nSPS) is 20.9. The van der Waals surface area contributed by atoms with E-state index in [-0.39, 0.29) is 23.6 Å². The fourth-order valence-electron chi connectivity index (χ4n) is 5.04. The van der Waals surface area contributed by atoms with E-state index in [0.29, 0.717) is 6.54 Å². The molecule has 0 aliphatic carbocycles. The van der Waals surface area contributed by atoms with Gasteiger partial charge in [0.1, 0.15) is 11.6 Å². The van der Waals surface area contributed by atoms with Gasteiger partial charge in [-0.15, -0.1) is 11.8 Å². The van der Waals surface area contributed by atoms with E-state index >= 15 is 0 Å². The van der Waals surface area contributed by atoms with Crippen molar-refractivity contribution in [1.29, 1.82) is 0 Å². The number of fused-ring (bicyclic) bond motifs is 1. The molecule has 2 N–H and O–H groups in total. The summed E-state index contributed by atoms with van der Waals surface area (Å²) in [5.74, 6) is 1.06. The largest absolute Gasteiger partial charge is 0.355 e. The third-order valence-corrected chi connectivity index (χ3v) is 7.61. The molecule has 0 radical (unpaired) electrons. The lowest BCUT2D eigenvalue weighted by Crippen LogP contribution is -2.39. The molecule has 180 valence electrons. The molecule has 2 aliphatic heterocycles. The smallest absolute Gasteiger partial charge is 0.257 e. The first kappa shape index (κ1) is 23.1. The number of aromatic nitrogens is 3. The maximum absolute atomic E-state index is 14.7. The van der Waals surface area contributed by atoms with Gasteiger partial charge in [0.15, 0.2) is 5.65 Å². The van der Waals surface area contributed by atoms with E-state index in [0.717, 1.165) is 72.1 Å². The highest BCUT2D eigenvalue weighted by atomic mass is 32.2. The van der Waals surface area contributed by atoms with Crippen molar-refractivity contribution in [2.45, 2.75) is 56.5 Å². The van der Waals surface area contributed by atoms with E-state index in [2.05, 4.69) is 4.90 Å². The fourth-order valence-corrected chi connectivity index (χ4v) is 5.74. The Kier molecular flexibility index (Phi) is 6.48. The van der Waals surface area contributed by atoms with Gasteiger partial charge >= 0.3 is 0 Å². The number of hydrogen-bond acceptors (Lipinski definition) is 6. The molecule has 1 aromatic carbocycles. The molecule has 2 unspecified atom stereocenters. The number of carbonyl (C=O) groups is 1. The average molecular weight is 483 g/mol. The van der Waals surface area contributed by atoms with Gasteiger partial charge in [-0.2, -0.15) is 5.10 Å². The van der Waals surface area contributed by atoms with Crippen molar-refractivity contribution in [3.8, 4) is 0 Å². The Morgan fingerprint density at radius 3 is 2.85 bits per heavy atom. The van der Waals surface area contributed by atoms with Crippen LogP contribution < -0.4 is 10.6 Å². The molecule has 5 rings (SSSR count). The van der Waals surface area contributed by atoms with Gasteiger partial charge in [0, 0.05) is 48.4 Å². The molecular weight excluding hydrogens is 451 g/mol. The summed E-state index contributed by atoms with van der Waals surface area (Å²) in [4.78, 5) is 23.3. The van der Waals surface area contributed by atoms with Crippen molar-refractivity contribution >= 4 is 29.1 Å². The van der Waals surface area contributed by atoms with Crippen molar-refractivity contribution in [3.05, 3.63) is 53.1 Å². The lowest BCUT2D eigenvalue weighted by Gasteiger charge is -2.35. The number of aryl methyl sites for hydroxylation is 1. The van der Waals surface area contributed by atoms with Crippen LogP contribution in [-0.2, 0) is 0 Å². The zero-order valence-corrected chi connectivity index (χ0v) is 20.5. The molecule has 2 saturated heterocycles. The molecule has 2 aromatic heterocycles. The third kappa shape index (κ3) is 4.38. The Balaban J connectivity index is 1.46. The maximum atomic E-state index is 14.7. The van der Waals surface area contributed by atoms with E-state index in [4.69, 9.17) is 15.8 Å². The summed E-state index contributed by atoms with van der Waals surface area (Å²) in [5, 5.41) is 4.79. The van der Waals surface area contributed by atoms with Gasteiger partial charge < -0.3 is 15.5 Å². The second-order valence-electron chi connectivity index (χ2n) is 9.20. The van der Waals surface area contributed by atoms with Crippen molar-refractivity contribution in [1.82, 2.24) is 19.5 Å². The summed E-state index contributed by atoms with van der Waals surface area (Å²) in [6.07, 6.45) is 5.65. The number of rotatable bonds is 5. The predicted molar refractivity (Wildman–Crippen MR) is 133 cm³/mol. The minimum atomic E-state index is -0.476. The molecule has 9 heteroatoms. The summed E-state index contributed by atoms with van der Waals surface area (Å²) >= 11 is 1.60. The van der Waals surface area contributed by atoms with Gasteiger partial charge in [0.2, 0.25) is 0 Å². The summed E-state index contributed by atoms with van der Waals surface area (Å²) in [6.45, 7) is 6.37. The lowest BCUT2D eigenvalue weighted by molar-refractivity contribution is 0.0600. The molecule has 34 heavy (non-hydrogen) atoms. The first-order valence-corrected chi connectivity index (χ1v) is 13.0. The van der Waals surface area contributed by atoms with E-state index in [1.165, 1.54) is 6.07 Å². The number of nitrogens with zero attached hydrogens (tertiary/aromatic N) is 5. The Hall–Kier alpha value is -2.65. The SMILES string of the molecule is CCSc1ccc(F)c(C(=O)N2CCCCC2c2cc3nc(N4CCC(N)C4)c(C)cn3n2)c1. The highest BCUT2D eigenvalue weighted by Gasteiger charge is 2.32. The molecule has 0 spiro atoms. The number of benzene rings is 1. The molecular formula is C25H31FN6OS. The number of carbonyl (C=O) groups excluding carboxylic acids is 1. The van der Waals surface area contributed by atoms with Gasteiger partial charge in [0.25, 0.3) is 5.91 Å². The van der Waals surface area contributed by atoms with E-state index < -0.39 is 5.82 Å². The van der Waals surface area contributed by atoms with Crippen LogP contribution >= 0.6 is 11.8 Å². The summed E-state index contributed by atoms with van der Waals surface area (Å²) < 4.78 is 16.5. The van der Waals surface area contributed by atoms with Crippen molar-refractivity contribution in [2.24, 2.45) is 5.73 Å². The zero-order valence-electron chi connectivity index (χ0n) is 19.7. The van der Waals surface area contributed by atoms with Gasteiger partial charge in [-0.1, -0.05) is 6.92 Å². The quantitative estimate of drug-likeness (QED) is 0.549. The Morgan fingerprint density at radius 2 is 2.09 bits per heavy atom. The molecule has 0 saturated carbocycles. The molecule has 7 nitrogen and oxygen atoms in total. The molecule has 0 bridgehead atoms. The second kappa shape index (κ2) is 9.54. The van der Waals surface area contributed by atoms with E-state index in [1.54, 1.807) is 33.3 Å². The van der Waals surface area contributed by atoms with Crippen LogP contribution in [0.15, 0.2) is 35.4 Å². The zero-order chi connectivity index (χ0) is 23.8. The second-order valence-corrected chi connectivity index (χ2v) is 10.5. The number of nitrogens with two attached hydrogens (primary N) is 1. The number of anilines is 1. The molecule has 2 aliphatic rings. The van der Waals surface area contributed by atoms with Crippen LogP contribution in [0, 0.1) is 12.7 Å². The summed E-state index contributed by atoms with van der Waals surface area (Å²) in [5.41, 5.74) is 8.83. The first-order valence-electron chi connectivity index (χ1n) is 12.1. The molecule has 2 fully saturated rings. The van der Waals surface area contributed by atoms with Crippen LogP contribution in [0.1, 0.15) is 60.3 Å². The van der Waals surface area contributed by atoms with Crippen LogP contribution in [0.3, 0.4) is 0 Å². The number of thioether (sulfide) groups is 1. The van der Waals surface area contributed by atoms with Gasteiger partial charge in [-0.25, -0.2) is 13.9 Å². The number of likely N-dealkylation sites (tertiary alicyclic amines) is 1. The van der Waals surface area contributed by atoms with E-state index in [1.807, 2.05) is 26.1 Å². The Morgan fingerprint density at radius 1 is 1.24 bits per heavy atom.